The van der Waals surface area contributed by atoms with Gasteiger partial charge in [-0.05, 0) is 12.1 Å². The number of hydrogen-bond acceptors (Lipinski definition) is 8. The lowest BCUT2D eigenvalue weighted by Gasteiger charge is -2.11. The van der Waals surface area contributed by atoms with E-state index in [0.717, 1.165) is 0 Å². The number of carbonyl (C=O) groups excluding carboxylic acids is 1. The molecular weight excluding hydrogens is 276 g/mol. The lowest BCUT2D eigenvalue weighted by Crippen LogP contribution is -2.13. The van der Waals surface area contributed by atoms with Gasteiger partial charge in [0.1, 0.15) is 12.1 Å². The average molecular weight is 288 g/mol. The lowest BCUT2D eigenvalue weighted by molar-refractivity contribution is -0.142. The maximum absolute atomic E-state index is 11.0. The van der Waals surface area contributed by atoms with Crippen LogP contribution in [0, 0.1) is 22.7 Å². The average Bonchev–Trinajstić information content (AvgIpc) is 2.53. The van der Waals surface area contributed by atoms with Gasteiger partial charge < -0.3 is 14.2 Å². The minimum Gasteiger partial charge on any atom is -0.493 e. The number of esters is 1. The predicted molar refractivity (Wildman–Crippen MR) is 72.8 cm³/mol. The van der Waals surface area contributed by atoms with Gasteiger partial charge in [0.15, 0.2) is 18.1 Å². The quantitative estimate of drug-likeness (QED) is 0.472. The summed E-state index contributed by atoms with van der Waals surface area (Å²) in [6.45, 7) is -0.245. The van der Waals surface area contributed by atoms with Crippen LogP contribution in [0.1, 0.15) is 0 Å². The van der Waals surface area contributed by atoms with Gasteiger partial charge in [0.05, 0.1) is 19.9 Å². The smallest absolute Gasteiger partial charge is 0.343 e. The molecule has 0 heterocycles. The minimum absolute atomic E-state index is 0.245. The number of nitrogens with zero attached hydrogens (tertiary/aromatic N) is 3. The van der Waals surface area contributed by atoms with Gasteiger partial charge in [-0.15, -0.1) is 0 Å². The van der Waals surface area contributed by atoms with Crippen LogP contribution in [-0.2, 0) is 9.53 Å². The third-order valence-electron chi connectivity index (χ3n) is 2.25. The first kappa shape index (κ1) is 15.8. The van der Waals surface area contributed by atoms with Gasteiger partial charge in [-0.3, -0.25) is 5.43 Å². The van der Waals surface area contributed by atoms with Crippen LogP contribution in [0.3, 0.4) is 0 Å². The summed E-state index contributed by atoms with van der Waals surface area (Å²) in [6.07, 6.45) is 0. The maximum atomic E-state index is 11.0. The zero-order valence-corrected chi connectivity index (χ0v) is 11.4. The Morgan fingerprint density at radius 3 is 2.57 bits per heavy atom. The van der Waals surface area contributed by atoms with Crippen LogP contribution in [0.2, 0.25) is 0 Å². The number of benzene rings is 1. The minimum atomic E-state index is -0.517. The summed E-state index contributed by atoms with van der Waals surface area (Å²) in [6, 6.07) is 7.93. The fourth-order valence-electron chi connectivity index (χ4n) is 1.25. The van der Waals surface area contributed by atoms with E-state index in [2.05, 4.69) is 15.3 Å². The highest BCUT2D eigenvalue weighted by atomic mass is 16.6. The van der Waals surface area contributed by atoms with E-state index in [1.807, 2.05) is 0 Å². The molecule has 0 aromatic heterocycles. The van der Waals surface area contributed by atoms with Crippen molar-refractivity contribution in [2.24, 2.45) is 5.10 Å². The van der Waals surface area contributed by atoms with E-state index in [1.165, 1.54) is 14.2 Å². The van der Waals surface area contributed by atoms with Gasteiger partial charge in [0, 0.05) is 6.07 Å². The molecule has 1 aromatic carbocycles. The number of carbonyl (C=O) groups is 1. The number of anilines is 1. The van der Waals surface area contributed by atoms with Crippen molar-refractivity contribution in [3.8, 4) is 23.6 Å². The largest absolute Gasteiger partial charge is 0.493 e. The number of rotatable bonds is 6. The fraction of sp³-hybridized carbons (Fsp3) is 0.231. The Morgan fingerprint density at radius 2 is 2.00 bits per heavy atom. The highest BCUT2D eigenvalue weighted by Crippen LogP contribution is 2.30. The number of nitriles is 2. The van der Waals surface area contributed by atoms with Crippen molar-refractivity contribution < 1.29 is 19.0 Å². The van der Waals surface area contributed by atoms with Crippen LogP contribution >= 0.6 is 0 Å². The second-order valence-electron chi connectivity index (χ2n) is 3.53. The number of hydrazone groups is 1. The summed E-state index contributed by atoms with van der Waals surface area (Å²) >= 11 is 0. The van der Waals surface area contributed by atoms with Crippen LogP contribution in [0.25, 0.3) is 0 Å². The third-order valence-corrected chi connectivity index (χ3v) is 2.25. The Labute approximate surface area is 121 Å². The Kier molecular flexibility index (Phi) is 6.03. The molecule has 0 spiro atoms. The van der Waals surface area contributed by atoms with Crippen molar-refractivity contribution >= 4 is 17.4 Å². The second kappa shape index (κ2) is 8.02. The van der Waals surface area contributed by atoms with Crippen molar-refractivity contribution in [3.63, 3.8) is 0 Å². The molecular formula is C13H12N4O4. The number of ether oxygens (including phenoxy) is 3. The van der Waals surface area contributed by atoms with Gasteiger partial charge >= 0.3 is 5.97 Å². The molecule has 108 valence electrons. The third kappa shape index (κ3) is 4.73. The summed E-state index contributed by atoms with van der Waals surface area (Å²) in [4.78, 5) is 11.0. The van der Waals surface area contributed by atoms with Crippen molar-refractivity contribution in [2.45, 2.75) is 0 Å². The van der Waals surface area contributed by atoms with Crippen molar-refractivity contribution in [1.82, 2.24) is 0 Å². The Hall–Kier alpha value is -3.26. The van der Waals surface area contributed by atoms with E-state index in [4.69, 9.17) is 20.0 Å². The molecule has 0 saturated heterocycles. The first-order valence-corrected chi connectivity index (χ1v) is 5.66. The van der Waals surface area contributed by atoms with Crippen molar-refractivity contribution in [3.05, 3.63) is 18.2 Å². The number of methoxy groups -OCH3 is 2. The van der Waals surface area contributed by atoms with E-state index in [0.29, 0.717) is 17.2 Å². The van der Waals surface area contributed by atoms with E-state index >= 15 is 0 Å². The molecule has 0 unspecified atom stereocenters. The van der Waals surface area contributed by atoms with E-state index in [1.54, 1.807) is 30.3 Å². The summed E-state index contributed by atoms with van der Waals surface area (Å²) in [7, 11) is 2.69. The Morgan fingerprint density at radius 1 is 1.29 bits per heavy atom. The molecule has 8 heteroatoms. The second-order valence-corrected chi connectivity index (χ2v) is 3.53. The SMILES string of the molecule is COC(=O)COc1ccc(NN=C(C#N)C#N)cc1OC. The van der Waals surface area contributed by atoms with Gasteiger partial charge in [0.2, 0.25) is 5.71 Å². The molecule has 0 amide bonds. The van der Waals surface area contributed by atoms with Crippen molar-refractivity contribution in [1.29, 1.82) is 10.5 Å². The van der Waals surface area contributed by atoms with Gasteiger partial charge in [-0.25, -0.2) is 4.79 Å². The van der Waals surface area contributed by atoms with Gasteiger partial charge in [-0.1, -0.05) is 0 Å². The highest BCUT2D eigenvalue weighted by molar-refractivity contribution is 6.10. The molecule has 0 aliphatic carbocycles. The van der Waals surface area contributed by atoms with E-state index in [9.17, 15) is 4.79 Å². The summed E-state index contributed by atoms with van der Waals surface area (Å²) < 4.78 is 14.8. The number of nitrogens with one attached hydrogen (secondary N) is 1. The van der Waals surface area contributed by atoms with E-state index < -0.39 is 5.97 Å². The van der Waals surface area contributed by atoms with Crippen LogP contribution in [-0.4, -0.2) is 32.5 Å². The topological polar surface area (TPSA) is 117 Å². The molecule has 0 saturated carbocycles. The molecule has 21 heavy (non-hydrogen) atoms. The molecule has 8 nitrogen and oxygen atoms in total. The molecule has 0 aliphatic rings. The van der Waals surface area contributed by atoms with Crippen LogP contribution in [0.15, 0.2) is 23.3 Å². The molecule has 0 atom stereocenters. The molecule has 1 rings (SSSR count). The van der Waals surface area contributed by atoms with Crippen LogP contribution < -0.4 is 14.9 Å². The maximum Gasteiger partial charge on any atom is 0.343 e. The monoisotopic (exact) mass is 288 g/mol. The normalized spacial score (nSPS) is 8.76. The zero-order chi connectivity index (χ0) is 15.7. The van der Waals surface area contributed by atoms with Gasteiger partial charge in [-0.2, -0.15) is 15.6 Å². The molecule has 0 fully saturated rings. The highest BCUT2D eigenvalue weighted by Gasteiger charge is 2.08. The predicted octanol–water partition coefficient (Wildman–Crippen LogP) is 1.06. The Bertz CT molecular complexity index is 612. The molecule has 1 N–H and O–H groups in total. The summed E-state index contributed by atoms with van der Waals surface area (Å²) in [5.41, 5.74) is 2.72. The first-order chi connectivity index (χ1) is 10.1. The van der Waals surface area contributed by atoms with Crippen LogP contribution in [0.4, 0.5) is 5.69 Å². The lowest BCUT2D eigenvalue weighted by atomic mass is 10.3. The zero-order valence-electron chi connectivity index (χ0n) is 11.4. The number of hydrogen-bond donors (Lipinski definition) is 1. The standard InChI is InChI=1S/C13H12N4O4/c1-19-12-5-9(16-17-10(6-14)7-15)3-4-11(12)21-8-13(18)20-2/h3-5,16H,8H2,1-2H3. The van der Waals surface area contributed by atoms with E-state index in [-0.39, 0.29) is 12.3 Å². The van der Waals surface area contributed by atoms with Crippen LogP contribution in [0.5, 0.6) is 11.5 Å². The summed E-state index contributed by atoms with van der Waals surface area (Å²) in [5.74, 6) is 0.185. The molecule has 1 aromatic rings. The Balaban J connectivity index is 2.84. The molecule has 0 aliphatic heterocycles. The van der Waals surface area contributed by atoms with Gasteiger partial charge in [0.25, 0.3) is 0 Å². The fourth-order valence-corrected chi connectivity index (χ4v) is 1.25. The summed E-state index contributed by atoms with van der Waals surface area (Å²) in [5, 5.41) is 20.7. The first-order valence-electron chi connectivity index (χ1n) is 5.66. The van der Waals surface area contributed by atoms with Crippen molar-refractivity contribution in [2.75, 3.05) is 26.3 Å². The molecule has 0 bridgehead atoms. The molecule has 0 radical (unpaired) electrons.